The van der Waals surface area contributed by atoms with E-state index in [0.717, 1.165) is 16.2 Å². The molecule has 2 rings (SSSR count). The zero-order valence-corrected chi connectivity index (χ0v) is 11.2. The first kappa shape index (κ1) is 13.6. The Balaban J connectivity index is 2.05. The molecule has 1 heterocycles. The molecule has 98 valence electrons. The van der Waals surface area contributed by atoms with Crippen molar-refractivity contribution in [1.29, 1.82) is 0 Å². The fourth-order valence-electron chi connectivity index (χ4n) is 1.43. The van der Waals surface area contributed by atoms with E-state index in [1.54, 1.807) is 18.2 Å². The Morgan fingerprint density at radius 3 is 2.74 bits per heavy atom. The van der Waals surface area contributed by atoms with E-state index >= 15 is 0 Å². The molecule has 0 aliphatic carbocycles. The van der Waals surface area contributed by atoms with E-state index in [0.29, 0.717) is 22.6 Å². The van der Waals surface area contributed by atoms with Gasteiger partial charge in [-0.2, -0.15) is 0 Å². The van der Waals surface area contributed by atoms with Crippen LogP contribution in [0.5, 0.6) is 5.75 Å². The van der Waals surface area contributed by atoms with Crippen LogP contribution in [-0.2, 0) is 6.61 Å². The van der Waals surface area contributed by atoms with Gasteiger partial charge in [0.05, 0.1) is 5.02 Å². The molecular formula is C13H9ClO4S. The van der Waals surface area contributed by atoms with Crippen molar-refractivity contribution in [2.75, 3.05) is 0 Å². The molecule has 2 aromatic rings. The largest absolute Gasteiger partial charge is 0.487 e. The number of halogens is 1. The smallest absolute Gasteiger partial charge is 0.345 e. The van der Waals surface area contributed by atoms with E-state index in [2.05, 4.69) is 0 Å². The van der Waals surface area contributed by atoms with Crippen molar-refractivity contribution < 1.29 is 19.4 Å². The number of aldehydes is 1. The van der Waals surface area contributed by atoms with Crippen molar-refractivity contribution >= 4 is 35.2 Å². The standard InChI is InChI=1S/C13H9ClO4S/c14-10-5-8(6-15)1-3-11(10)18-7-9-2-4-12(19-9)13(16)17/h1-6H,7H2,(H,16,17). The highest BCUT2D eigenvalue weighted by molar-refractivity contribution is 7.13. The van der Waals surface area contributed by atoms with Crippen molar-refractivity contribution in [3.8, 4) is 5.75 Å². The maximum absolute atomic E-state index is 10.7. The van der Waals surface area contributed by atoms with Crippen LogP contribution < -0.4 is 4.74 Å². The summed E-state index contributed by atoms with van der Waals surface area (Å²) < 4.78 is 5.49. The van der Waals surface area contributed by atoms with Gasteiger partial charge in [0.2, 0.25) is 0 Å². The minimum Gasteiger partial charge on any atom is -0.487 e. The maximum Gasteiger partial charge on any atom is 0.345 e. The van der Waals surface area contributed by atoms with Gasteiger partial charge in [0.25, 0.3) is 0 Å². The molecule has 0 aliphatic heterocycles. The number of aromatic carboxylic acids is 1. The third kappa shape index (κ3) is 3.33. The molecule has 0 fully saturated rings. The van der Waals surface area contributed by atoms with E-state index in [-0.39, 0.29) is 11.5 Å². The number of benzene rings is 1. The minimum atomic E-state index is -0.954. The van der Waals surface area contributed by atoms with E-state index in [1.165, 1.54) is 12.1 Å². The molecule has 0 amide bonds. The predicted molar refractivity (Wildman–Crippen MR) is 72.4 cm³/mol. The average molecular weight is 297 g/mol. The van der Waals surface area contributed by atoms with Gasteiger partial charge in [0, 0.05) is 10.4 Å². The lowest BCUT2D eigenvalue weighted by atomic mass is 10.2. The molecule has 1 aromatic heterocycles. The molecule has 0 radical (unpaired) electrons. The molecular weight excluding hydrogens is 288 g/mol. The predicted octanol–water partition coefficient (Wildman–Crippen LogP) is 3.49. The maximum atomic E-state index is 10.7. The van der Waals surface area contributed by atoms with E-state index in [9.17, 15) is 9.59 Å². The molecule has 1 aromatic carbocycles. The molecule has 4 nitrogen and oxygen atoms in total. The summed E-state index contributed by atoms with van der Waals surface area (Å²) in [5.41, 5.74) is 0.474. The lowest BCUT2D eigenvalue weighted by Crippen LogP contribution is -1.94. The summed E-state index contributed by atoms with van der Waals surface area (Å²) in [5, 5.41) is 9.15. The van der Waals surface area contributed by atoms with Crippen LogP contribution in [0.2, 0.25) is 5.02 Å². The van der Waals surface area contributed by atoms with E-state index < -0.39 is 5.97 Å². The minimum absolute atomic E-state index is 0.234. The summed E-state index contributed by atoms with van der Waals surface area (Å²) in [6.07, 6.45) is 0.702. The molecule has 0 saturated heterocycles. The van der Waals surface area contributed by atoms with Gasteiger partial charge in [-0.05, 0) is 30.3 Å². The van der Waals surface area contributed by atoms with Crippen LogP contribution in [0.4, 0.5) is 0 Å². The van der Waals surface area contributed by atoms with Gasteiger partial charge in [-0.1, -0.05) is 11.6 Å². The van der Waals surface area contributed by atoms with Crippen molar-refractivity contribution in [2.45, 2.75) is 6.61 Å². The summed E-state index contributed by atoms with van der Waals surface area (Å²) in [5.74, 6) is -0.498. The van der Waals surface area contributed by atoms with Gasteiger partial charge in [-0.15, -0.1) is 11.3 Å². The summed E-state index contributed by atoms with van der Waals surface area (Å²) in [6, 6.07) is 7.95. The number of hydrogen-bond acceptors (Lipinski definition) is 4. The van der Waals surface area contributed by atoms with Crippen molar-refractivity contribution in [2.24, 2.45) is 0 Å². The molecule has 6 heteroatoms. The number of hydrogen-bond donors (Lipinski definition) is 1. The number of carbonyl (C=O) groups is 2. The Bertz CT molecular complexity index is 621. The van der Waals surface area contributed by atoms with Crippen LogP contribution in [0.1, 0.15) is 24.9 Å². The Hall–Kier alpha value is -1.85. The Morgan fingerprint density at radius 2 is 2.16 bits per heavy atom. The fraction of sp³-hybridized carbons (Fsp3) is 0.0769. The number of carboxylic acids is 1. The number of thiophene rings is 1. The van der Waals surface area contributed by atoms with Gasteiger partial charge < -0.3 is 9.84 Å². The van der Waals surface area contributed by atoms with Crippen LogP contribution in [0.15, 0.2) is 30.3 Å². The summed E-state index contributed by atoms with van der Waals surface area (Å²) >= 11 is 7.11. The first-order valence-electron chi connectivity index (χ1n) is 5.29. The van der Waals surface area contributed by atoms with Crippen LogP contribution in [0, 0.1) is 0 Å². The average Bonchev–Trinajstić information content (AvgIpc) is 2.86. The topological polar surface area (TPSA) is 63.6 Å². The Morgan fingerprint density at radius 1 is 1.37 bits per heavy atom. The molecule has 0 spiro atoms. The van der Waals surface area contributed by atoms with Gasteiger partial charge in [-0.25, -0.2) is 4.79 Å². The van der Waals surface area contributed by atoms with Crippen LogP contribution in [0.25, 0.3) is 0 Å². The third-order valence-electron chi connectivity index (χ3n) is 2.33. The quantitative estimate of drug-likeness (QED) is 0.858. The Labute approximate surface area is 118 Å². The summed E-state index contributed by atoms with van der Waals surface area (Å²) in [7, 11) is 0. The van der Waals surface area contributed by atoms with Crippen molar-refractivity contribution in [1.82, 2.24) is 0 Å². The Kier molecular flexibility index (Phi) is 4.19. The third-order valence-corrected chi connectivity index (χ3v) is 3.68. The molecule has 0 atom stereocenters. The van der Waals surface area contributed by atoms with Gasteiger partial charge in [0.1, 0.15) is 23.5 Å². The monoisotopic (exact) mass is 296 g/mol. The molecule has 0 unspecified atom stereocenters. The molecule has 19 heavy (non-hydrogen) atoms. The normalized spacial score (nSPS) is 10.2. The molecule has 0 aliphatic rings. The first-order chi connectivity index (χ1) is 9.10. The zero-order valence-electron chi connectivity index (χ0n) is 9.63. The van der Waals surface area contributed by atoms with E-state index in [1.807, 2.05) is 0 Å². The lowest BCUT2D eigenvalue weighted by Gasteiger charge is -2.06. The van der Waals surface area contributed by atoms with Gasteiger partial charge in [-0.3, -0.25) is 4.79 Å². The van der Waals surface area contributed by atoms with Gasteiger partial charge in [0.15, 0.2) is 0 Å². The number of carbonyl (C=O) groups excluding carboxylic acids is 1. The van der Waals surface area contributed by atoms with E-state index in [4.69, 9.17) is 21.4 Å². The first-order valence-corrected chi connectivity index (χ1v) is 6.49. The van der Waals surface area contributed by atoms with Crippen LogP contribution >= 0.6 is 22.9 Å². The highest BCUT2D eigenvalue weighted by Crippen LogP contribution is 2.27. The van der Waals surface area contributed by atoms with Crippen LogP contribution in [-0.4, -0.2) is 17.4 Å². The molecule has 1 N–H and O–H groups in total. The summed E-state index contributed by atoms with van der Waals surface area (Å²) in [6.45, 7) is 0.234. The van der Waals surface area contributed by atoms with Gasteiger partial charge >= 0.3 is 5.97 Å². The SMILES string of the molecule is O=Cc1ccc(OCc2ccc(C(=O)O)s2)c(Cl)c1. The number of carboxylic acid groups (broad SMARTS) is 1. The fourth-order valence-corrected chi connectivity index (χ4v) is 2.43. The number of ether oxygens (including phenoxy) is 1. The second kappa shape index (κ2) is 5.86. The molecule has 0 bridgehead atoms. The van der Waals surface area contributed by atoms with Crippen molar-refractivity contribution in [3.63, 3.8) is 0 Å². The second-order valence-electron chi connectivity index (χ2n) is 3.67. The second-order valence-corrected chi connectivity index (χ2v) is 5.24. The highest BCUT2D eigenvalue weighted by Gasteiger charge is 2.08. The molecule has 0 saturated carbocycles. The summed E-state index contributed by atoms with van der Waals surface area (Å²) in [4.78, 5) is 22.3. The van der Waals surface area contributed by atoms with Crippen LogP contribution in [0.3, 0.4) is 0 Å². The van der Waals surface area contributed by atoms with Crippen molar-refractivity contribution in [3.05, 3.63) is 50.7 Å². The highest BCUT2D eigenvalue weighted by atomic mass is 35.5. The zero-order chi connectivity index (χ0) is 13.8. The number of rotatable bonds is 5. The lowest BCUT2D eigenvalue weighted by molar-refractivity contribution is 0.0702.